The van der Waals surface area contributed by atoms with Gasteiger partial charge in [0.05, 0.1) is 11.1 Å². The van der Waals surface area contributed by atoms with Crippen molar-refractivity contribution in [1.82, 2.24) is 9.55 Å². The van der Waals surface area contributed by atoms with Gasteiger partial charge in [-0.2, -0.15) is 0 Å². The molecule has 0 unspecified atom stereocenters. The Kier molecular flexibility index (Phi) is 3.83. The summed E-state index contributed by atoms with van der Waals surface area (Å²) in [5, 5.41) is 1.57. The maximum Gasteiger partial charge on any atom is 0.267 e. The van der Waals surface area contributed by atoms with E-state index in [4.69, 9.17) is 4.98 Å². The van der Waals surface area contributed by atoms with Crippen molar-refractivity contribution in [3.05, 3.63) is 63.8 Å². The highest BCUT2D eigenvalue weighted by atomic mass is 32.2. The van der Waals surface area contributed by atoms with E-state index in [1.54, 1.807) is 27.7 Å². The lowest BCUT2D eigenvalue weighted by atomic mass is 10.2. The molecule has 23 heavy (non-hydrogen) atoms. The number of hydrogen-bond donors (Lipinski definition) is 0. The number of benzene rings is 1. The third-order valence-electron chi connectivity index (χ3n) is 4.05. The van der Waals surface area contributed by atoms with Gasteiger partial charge in [0, 0.05) is 10.6 Å². The second-order valence-electron chi connectivity index (χ2n) is 5.51. The minimum atomic E-state index is 0.0622. The monoisotopic (exact) mass is 340 g/mol. The van der Waals surface area contributed by atoms with Crippen LogP contribution in [0.2, 0.25) is 0 Å². The first-order valence-corrected chi connectivity index (χ1v) is 9.46. The summed E-state index contributed by atoms with van der Waals surface area (Å²) < 4.78 is 1.75. The summed E-state index contributed by atoms with van der Waals surface area (Å²) in [7, 11) is 0. The molecule has 4 rings (SSSR count). The van der Waals surface area contributed by atoms with E-state index in [0.29, 0.717) is 0 Å². The van der Waals surface area contributed by atoms with Crippen LogP contribution in [0.15, 0.2) is 52.9 Å². The Labute approximate surface area is 142 Å². The number of thiophene rings is 1. The van der Waals surface area contributed by atoms with Gasteiger partial charge in [-0.15, -0.1) is 17.9 Å². The molecule has 3 aromatic rings. The average Bonchev–Trinajstić information content (AvgIpc) is 3.14. The average molecular weight is 340 g/mol. The van der Waals surface area contributed by atoms with Crippen LogP contribution in [0.5, 0.6) is 0 Å². The first kappa shape index (κ1) is 14.7. The van der Waals surface area contributed by atoms with Crippen molar-refractivity contribution in [2.45, 2.75) is 24.4 Å². The molecule has 0 bridgehead atoms. The highest BCUT2D eigenvalue weighted by molar-refractivity contribution is 7.99. The van der Waals surface area contributed by atoms with Crippen LogP contribution >= 0.6 is 23.1 Å². The molecule has 0 amide bonds. The Bertz CT molecular complexity index is 941. The minimum Gasteiger partial charge on any atom is -0.268 e. The van der Waals surface area contributed by atoms with Gasteiger partial charge in [-0.25, -0.2) is 4.98 Å². The first-order valence-electron chi connectivity index (χ1n) is 7.66. The molecule has 1 aliphatic carbocycles. The highest BCUT2D eigenvalue weighted by Gasteiger charge is 2.23. The largest absolute Gasteiger partial charge is 0.268 e. The van der Waals surface area contributed by atoms with Crippen LogP contribution in [0.3, 0.4) is 0 Å². The molecular formula is C18H16N2OS2. The number of hydrogen-bond acceptors (Lipinski definition) is 4. The maximum absolute atomic E-state index is 13.2. The normalized spacial score (nSPS) is 13.4. The zero-order valence-electron chi connectivity index (χ0n) is 12.6. The fraction of sp³-hybridized carbons (Fsp3) is 0.222. The topological polar surface area (TPSA) is 34.9 Å². The maximum atomic E-state index is 13.2. The molecule has 1 aliphatic rings. The van der Waals surface area contributed by atoms with Gasteiger partial charge in [0.15, 0.2) is 5.16 Å². The summed E-state index contributed by atoms with van der Waals surface area (Å²) in [5.74, 6) is 0.732. The lowest BCUT2D eigenvalue weighted by molar-refractivity contribution is 0.821. The van der Waals surface area contributed by atoms with Gasteiger partial charge < -0.3 is 0 Å². The molecule has 0 fully saturated rings. The molecule has 0 aliphatic heterocycles. The molecule has 116 valence electrons. The van der Waals surface area contributed by atoms with E-state index in [1.165, 1.54) is 10.4 Å². The van der Waals surface area contributed by atoms with E-state index in [1.807, 2.05) is 36.4 Å². The van der Waals surface area contributed by atoms with E-state index in [0.717, 1.165) is 46.1 Å². The molecule has 0 N–H and O–H groups in total. The van der Waals surface area contributed by atoms with Crippen molar-refractivity contribution in [2.24, 2.45) is 0 Å². The van der Waals surface area contributed by atoms with E-state index in [9.17, 15) is 4.79 Å². The smallest absolute Gasteiger partial charge is 0.267 e. The SMILES string of the molecule is C=CCSc1nc2sc3c(c2c(=O)n1-c1ccccc1)CCC3. The molecule has 0 saturated heterocycles. The van der Waals surface area contributed by atoms with Crippen molar-refractivity contribution >= 4 is 33.3 Å². The predicted octanol–water partition coefficient (Wildman–Crippen LogP) is 4.21. The molecule has 0 saturated carbocycles. The third-order valence-corrected chi connectivity index (χ3v) is 6.17. The minimum absolute atomic E-state index is 0.0622. The van der Waals surface area contributed by atoms with Crippen LogP contribution in [-0.2, 0) is 12.8 Å². The van der Waals surface area contributed by atoms with Crippen molar-refractivity contribution in [1.29, 1.82) is 0 Å². The summed E-state index contributed by atoms with van der Waals surface area (Å²) >= 11 is 3.24. The van der Waals surface area contributed by atoms with Crippen molar-refractivity contribution in [3.63, 3.8) is 0 Å². The van der Waals surface area contributed by atoms with Crippen LogP contribution in [0, 0.1) is 0 Å². The van der Waals surface area contributed by atoms with Gasteiger partial charge in [-0.05, 0) is 37.0 Å². The first-order chi connectivity index (χ1) is 11.3. The van der Waals surface area contributed by atoms with Gasteiger partial charge in [-0.3, -0.25) is 9.36 Å². The van der Waals surface area contributed by atoms with Crippen molar-refractivity contribution in [2.75, 3.05) is 5.75 Å². The molecule has 0 atom stereocenters. The van der Waals surface area contributed by atoms with Gasteiger partial charge >= 0.3 is 0 Å². The van der Waals surface area contributed by atoms with Crippen LogP contribution < -0.4 is 5.56 Å². The van der Waals surface area contributed by atoms with Crippen LogP contribution in [0.25, 0.3) is 15.9 Å². The molecule has 5 heteroatoms. The van der Waals surface area contributed by atoms with Crippen molar-refractivity contribution in [3.8, 4) is 5.69 Å². The number of aryl methyl sites for hydroxylation is 2. The summed E-state index contributed by atoms with van der Waals surface area (Å²) in [4.78, 5) is 20.3. The molecule has 0 spiro atoms. The summed E-state index contributed by atoms with van der Waals surface area (Å²) in [5.41, 5.74) is 2.16. The zero-order chi connectivity index (χ0) is 15.8. The summed E-state index contributed by atoms with van der Waals surface area (Å²) in [6, 6.07) is 9.77. The lowest BCUT2D eigenvalue weighted by Gasteiger charge is -2.11. The predicted molar refractivity (Wildman–Crippen MR) is 98.2 cm³/mol. The van der Waals surface area contributed by atoms with E-state index >= 15 is 0 Å². The lowest BCUT2D eigenvalue weighted by Crippen LogP contribution is -2.21. The molecule has 1 aromatic carbocycles. The second-order valence-corrected chi connectivity index (χ2v) is 7.58. The van der Waals surface area contributed by atoms with E-state index in [-0.39, 0.29) is 5.56 Å². The molecule has 0 radical (unpaired) electrons. The highest BCUT2D eigenvalue weighted by Crippen LogP contribution is 2.36. The Morgan fingerprint density at radius 3 is 2.91 bits per heavy atom. The summed E-state index contributed by atoms with van der Waals surface area (Å²) in [6.07, 6.45) is 5.07. The molecule has 3 nitrogen and oxygen atoms in total. The van der Waals surface area contributed by atoms with E-state index in [2.05, 4.69) is 6.58 Å². The van der Waals surface area contributed by atoms with Gasteiger partial charge in [-0.1, -0.05) is 36.0 Å². The fourth-order valence-corrected chi connectivity index (χ4v) is 5.11. The Morgan fingerprint density at radius 1 is 1.30 bits per heavy atom. The van der Waals surface area contributed by atoms with Gasteiger partial charge in [0.25, 0.3) is 5.56 Å². The van der Waals surface area contributed by atoms with Gasteiger partial charge in [0.2, 0.25) is 0 Å². The number of nitrogens with zero attached hydrogens (tertiary/aromatic N) is 2. The Morgan fingerprint density at radius 2 is 2.13 bits per heavy atom. The standard InChI is InChI=1S/C18H16N2OS2/c1-2-11-22-18-19-16-15(13-9-6-10-14(13)23-16)17(21)20(18)12-7-4-3-5-8-12/h2-5,7-8H,1,6,9-11H2. The quantitative estimate of drug-likeness (QED) is 0.405. The number of thioether (sulfide) groups is 1. The van der Waals surface area contributed by atoms with Crippen molar-refractivity contribution < 1.29 is 0 Å². The number of aromatic nitrogens is 2. The number of rotatable bonds is 4. The zero-order valence-corrected chi connectivity index (χ0v) is 14.3. The van der Waals surface area contributed by atoms with Crippen LogP contribution in [0.4, 0.5) is 0 Å². The number of para-hydroxylation sites is 1. The van der Waals surface area contributed by atoms with Gasteiger partial charge in [0.1, 0.15) is 4.83 Å². The third kappa shape index (κ3) is 2.44. The molecule has 2 aromatic heterocycles. The fourth-order valence-electron chi connectivity index (χ4n) is 3.06. The Balaban J connectivity index is 2.02. The van der Waals surface area contributed by atoms with Crippen LogP contribution in [-0.4, -0.2) is 15.3 Å². The Hall–Kier alpha value is -1.85. The van der Waals surface area contributed by atoms with E-state index < -0.39 is 0 Å². The number of fused-ring (bicyclic) bond motifs is 3. The second kappa shape index (κ2) is 5.98. The summed E-state index contributed by atoms with van der Waals surface area (Å²) in [6.45, 7) is 3.77. The molecule has 2 heterocycles. The van der Waals surface area contributed by atoms with Crippen LogP contribution in [0.1, 0.15) is 16.9 Å². The molecular weight excluding hydrogens is 324 g/mol.